The average Bonchev–Trinajstić information content (AvgIpc) is 2.77. The predicted octanol–water partition coefficient (Wildman–Crippen LogP) is 1.67. The summed E-state index contributed by atoms with van der Waals surface area (Å²) in [7, 11) is 0. The molecule has 1 fully saturated rings. The van der Waals surface area contributed by atoms with Crippen LogP contribution in [0.2, 0.25) is 0 Å². The van der Waals surface area contributed by atoms with Crippen molar-refractivity contribution in [3.05, 3.63) is 35.4 Å². The van der Waals surface area contributed by atoms with Crippen LogP contribution in [0.5, 0.6) is 0 Å². The first-order valence-electron chi connectivity index (χ1n) is 5.66. The number of aliphatic hydroxyl groups is 1. The lowest BCUT2D eigenvalue weighted by atomic mass is 10.1. The van der Waals surface area contributed by atoms with E-state index in [1.165, 1.54) is 5.56 Å². The number of hydrogen-bond acceptors (Lipinski definition) is 3. The number of hydrogen-bond donors (Lipinski definition) is 1. The molecule has 1 N–H and O–H groups in total. The summed E-state index contributed by atoms with van der Waals surface area (Å²) in [5.41, 5.74) is 2.14. The van der Waals surface area contributed by atoms with Crippen LogP contribution >= 0.6 is 0 Å². The zero-order chi connectivity index (χ0) is 11.4. The first-order chi connectivity index (χ1) is 7.83. The topological polar surface area (TPSA) is 47.3 Å². The van der Waals surface area contributed by atoms with Gasteiger partial charge in [0.2, 0.25) is 0 Å². The van der Waals surface area contributed by atoms with Gasteiger partial charge in [-0.3, -0.25) is 4.90 Å². The van der Waals surface area contributed by atoms with Crippen molar-refractivity contribution in [3.8, 4) is 6.07 Å². The molecule has 0 amide bonds. The molecule has 1 saturated heterocycles. The Morgan fingerprint density at radius 2 is 2.00 bits per heavy atom. The van der Waals surface area contributed by atoms with Crippen molar-refractivity contribution >= 4 is 0 Å². The highest BCUT2D eigenvalue weighted by Gasteiger charge is 2.23. The first-order valence-corrected chi connectivity index (χ1v) is 5.66. The smallest absolute Gasteiger partial charge is 0.0981 e. The predicted molar refractivity (Wildman–Crippen MR) is 61.4 cm³/mol. The van der Waals surface area contributed by atoms with Gasteiger partial charge in [0.25, 0.3) is 0 Å². The summed E-state index contributed by atoms with van der Waals surface area (Å²) in [4.78, 5) is 2.22. The van der Waals surface area contributed by atoms with Gasteiger partial charge in [0, 0.05) is 6.54 Å². The molecular formula is C13H16N2O. The first kappa shape index (κ1) is 11.1. The van der Waals surface area contributed by atoms with Crippen molar-refractivity contribution in [1.29, 1.82) is 5.26 Å². The average molecular weight is 216 g/mol. The van der Waals surface area contributed by atoms with Crippen molar-refractivity contribution < 1.29 is 5.11 Å². The standard InChI is InChI=1S/C13H16N2O/c14-8-13-2-1-7-15(13)9-11-3-5-12(10-16)6-4-11/h3-6,13,16H,1-2,7,9-10H2. The number of benzene rings is 1. The van der Waals surface area contributed by atoms with Gasteiger partial charge >= 0.3 is 0 Å². The van der Waals surface area contributed by atoms with Crippen molar-refractivity contribution in [2.45, 2.75) is 32.0 Å². The van der Waals surface area contributed by atoms with E-state index in [0.29, 0.717) is 0 Å². The largest absolute Gasteiger partial charge is 0.392 e. The van der Waals surface area contributed by atoms with E-state index >= 15 is 0 Å². The maximum Gasteiger partial charge on any atom is 0.0981 e. The summed E-state index contributed by atoms with van der Waals surface area (Å²) in [6.07, 6.45) is 2.11. The molecule has 0 saturated carbocycles. The maximum atomic E-state index is 8.97. The molecule has 1 atom stereocenters. The SMILES string of the molecule is N#CC1CCCN1Cc1ccc(CO)cc1. The number of aliphatic hydroxyl groups excluding tert-OH is 1. The van der Waals surface area contributed by atoms with E-state index < -0.39 is 0 Å². The molecular weight excluding hydrogens is 200 g/mol. The number of rotatable bonds is 3. The van der Waals surface area contributed by atoms with Crippen molar-refractivity contribution in [2.75, 3.05) is 6.54 Å². The fraction of sp³-hybridized carbons (Fsp3) is 0.462. The lowest BCUT2D eigenvalue weighted by Crippen LogP contribution is -2.27. The van der Waals surface area contributed by atoms with Crippen LogP contribution in [0.3, 0.4) is 0 Å². The Kier molecular flexibility index (Phi) is 3.55. The van der Waals surface area contributed by atoms with Crippen molar-refractivity contribution in [1.82, 2.24) is 4.90 Å². The van der Waals surface area contributed by atoms with Gasteiger partial charge in [0.1, 0.15) is 0 Å². The van der Waals surface area contributed by atoms with Crippen LogP contribution in [-0.2, 0) is 13.2 Å². The molecule has 1 heterocycles. The van der Waals surface area contributed by atoms with E-state index in [2.05, 4.69) is 11.0 Å². The molecule has 0 spiro atoms. The van der Waals surface area contributed by atoms with E-state index in [-0.39, 0.29) is 12.6 Å². The zero-order valence-electron chi connectivity index (χ0n) is 9.26. The molecule has 1 aliphatic rings. The second kappa shape index (κ2) is 5.11. The highest BCUT2D eigenvalue weighted by Crippen LogP contribution is 2.19. The fourth-order valence-corrected chi connectivity index (χ4v) is 2.15. The quantitative estimate of drug-likeness (QED) is 0.836. The highest BCUT2D eigenvalue weighted by atomic mass is 16.3. The normalized spacial score (nSPS) is 20.9. The van der Waals surface area contributed by atoms with E-state index in [9.17, 15) is 0 Å². The highest BCUT2D eigenvalue weighted by molar-refractivity contribution is 5.22. The number of likely N-dealkylation sites (tertiary alicyclic amines) is 1. The Morgan fingerprint density at radius 1 is 1.31 bits per heavy atom. The number of nitrogens with zero attached hydrogens (tertiary/aromatic N) is 2. The summed E-state index contributed by atoms with van der Waals surface area (Å²) in [5, 5.41) is 17.9. The molecule has 3 heteroatoms. The molecule has 3 nitrogen and oxygen atoms in total. The van der Waals surface area contributed by atoms with Gasteiger partial charge < -0.3 is 5.11 Å². The van der Waals surface area contributed by atoms with Gasteiger partial charge in [-0.2, -0.15) is 5.26 Å². The monoisotopic (exact) mass is 216 g/mol. The van der Waals surface area contributed by atoms with Crippen LogP contribution in [-0.4, -0.2) is 22.6 Å². The molecule has 16 heavy (non-hydrogen) atoms. The van der Waals surface area contributed by atoms with Crippen LogP contribution in [0.1, 0.15) is 24.0 Å². The minimum absolute atomic E-state index is 0.0810. The molecule has 1 aromatic carbocycles. The van der Waals surface area contributed by atoms with E-state index in [1.807, 2.05) is 24.3 Å². The van der Waals surface area contributed by atoms with Gasteiger partial charge in [0.15, 0.2) is 0 Å². The van der Waals surface area contributed by atoms with Gasteiger partial charge in [-0.1, -0.05) is 24.3 Å². The minimum atomic E-state index is 0.0810. The second-order valence-electron chi connectivity index (χ2n) is 4.23. The molecule has 1 aliphatic heterocycles. The Hall–Kier alpha value is -1.37. The van der Waals surface area contributed by atoms with Crippen LogP contribution in [0.15, 0.2) is 24.3 Å². The fourth-order valence-electron chi connectivity index (χ4n) is 2.15. The molecule has 0 aliphatic carbocycles. The van der Waals surface area contributed by atoms with Crippen molar-refractivity contribution in [2.24, 2.45) is 0 Å². The summed E-state index contributed by atoms with van der Waals surface area (Å²) >= 11 is 0. The third-order valence-electron chi connectivity index (χ3n) is 3.10. The zero-order valence-corrected chi connectivity index (χ0v) is 9.26. The molecule has 0 radical (unpaired) electrons. The summed E-state index contributed by atoms with van der Waals surface area (Å²) < 4.78 is 0. The Bertz CT molecular complexity index is 380. The third-order valence-corrected chi connectivity index (χ3v) is 3.10. The molecule has 1 aromatic rings. The van der Waals surface area contributed by atoms with Crippen LogP contribution in [0, 0.1) is 11.3 Å². The molecule has 84 valence electrons. The summed E-state index contributed by atoms with van der Waals surface area (Å²) in [6.45, 7) is 1.94. The van der Waals surface area contributed by atoms with Gasteiger partial charge in [-0.25, -0.2) is 0 Å². The van der Waals surface area contributed by atoms with Crippen LogP contribution in [0.25, 0.3) is 0 Å². The Morgan fingerprint density at radius 3 is 2.62 bits per heavy atom. The molecule has 0 aromatic heterocycles. The van der Waals surface area contributed by atoms with Crippen molar-refractivity contribution in [3.63, 3.8) is 0 Å². The molecule has 2 rings (SSSR count). The molecule has 0 bridgehead atoms. The van der Waals surface area contributed by atoms with Gasteiger partial charge in [0.05, 0.1) is 18.7 Å². The number of nitriles is 1. The van der Waals surface area contributed by atoms with E-state index in [0.717, 1.165) is 31.5 Å². The summed E-state index contributed by atoms with van der Waals surface area (Å²) in [6, 6.07) is 10.4. The summed E-state index contributed by atoms with van der Waals surface area (Å²) in [5.74, 6) is 0. The van der Waals surface area contributed by atoms with E-state index in [4.69, 9.17) is 10.4 Å². The maximum absolute atomic E-state index is 8.97. The lowest BCUT2D eigenvalue weighted by molar-refractivity contribution is 0.280. The van der Waals surface area contributed by atoms with Crippen LogP contribution < -0.4 is 0 Å². The molecule has 1 unspecified atom stereocenters. The third kappa shape index (κ3) is 2.41. The van der Waals surface area contributed by atoms with Crippen LogP contribution in [0.4, 0.5) is 0 Å². The lowest BCUT2D eigenvalue weighted by Gasteiger charge is -2.18. The van der Waals surface area contributed by atoms with Gasteiger partial charge in [-0.15, -0.1) is 0 Å². The Balaban J connectivity index is 2.01. The minimum Gasteiger partial charge on any atom is -0.392 e. The Labute approximate surface area is 95.9 Å². The van der Waals surface area contributed by atoms with Gasteiger partial charge in [-0.05, 0) is 30.5 Å². The van der Waals surface area contributed by atoms with E-state index in [1.54, 1.807) is 0 Å². The second-order valence-corrected chi connectivity index (χ2v) is 4.23.